The summed E-state index contributed by atoms with van der Waals surface area (Å²) in [4.78, 5) is 23.6. The molecule has 1 saturated heterocycles. The number of hydrogen-bond acceptors (Lipinski definition) is 3. The van der Waals surface area contributed by atoms with E-state index in [4.69, 9.17) is 0 Å². The van der Waals surface area contributed by atoms with Gasteiger partial charge in [-0.05, 0) is 19.3 Å². The number of nitrogens with zero attached hydrogens (tertiary/aromatic N) is 1. The van der Waals surface area contributed by atoms with Crippen LogP contribution in [-0.2, 0) is 4.79 Å². The highest BCUT2D eigenvalue weighted by Crippen LogP contribution is 2.25. The van der Waals surface area contributed by atoms with Gasteiger partial charge in [-0.15, -0.1) is 0 Å². The lowest BCUT2D eigenvalue weighted by Gasteiger charge is -2.23. The number of urea groups is 1. The van der Waals surface area contributed by atoms with E-state index in [1.165, 1.54) is 0 Å². The van der Waals surface area contributed by atoms with Gasteiger partial charge >= 0.3 is 6.03 Å². The maximum Gasteiger partial charge on any atom is 0.324 e. The van der Waals surface area contributed by atoms with Crippen molar-refractivity contribution < 1.29 is 14.7 Å². The van der Waals surface area contributed by atoms with E-state index in [1.807, 2.05) is 0 Å². The van der Waals surface area contributed by atoms with Crippen molar-refractivity contribution in [3.63, 3.8) is 0 Å². The lowest BCUT2D eigenvalue weighted by atomic mass is 10.2. The van der Waals surface area contributed by atoms with Crippen molar-refractivity contribution in [3.8, 4) is 0 Å². The van der Waals surface area contributed by atoms with Crippen molar-refractivity contribution in [1.82, 2.24) is 10.2 Å². The van der Waals surface area contributed by atoms with Crippen LogP contribution in [0.3, 0.4) is 0 Å². The summed E-state index contributed by atoms with van der Waals surface area (Å²) in [5.74, 6) is -0.226. The Morgan fingerprint density at radius 3 is 2.62 bits per heavy atom. The van der Waals surface area contributed by atoms with E-state index in [-0.39, 0.29) is 24.5 Å². The second kappa shape index (κ2) is 2.99. The van der Waals surface area contributed by atoms with Crippen LogP contribution >= 0.6 is 0 Å². The van der Waals surface area contributed by atoms with Crippen LogP contribution in [0, 0.1) is 0 Å². The minimum atomic E-state index is -0.534. The summed E-state index contributed by atoms with van der Waals surface area (Å²) in [6.07, 6.45) is 1.75. The van der Waals surface area contributed by atoms with Gasteiger partial charge in [0.2, 0.25) is 5.91 Å². The van der Waals surface area contributed by atoms with Gasteiger partial charge in [0.25, 0.3) is 0 Å². The maximum absolute atomic E-state index is 11.2. The fraction of sp³-hybridized carbons (Fsp3) is 0.750. The predicted octanol–water partition coefficient (Wildman–Crippen LogP) is -0.548. The lowest BCUT2D eigenvalue weighted by molar-refractivity contribution is -0.127. The number of aliphatic hydroxyl groups is 1. The topological polar surface area (TPSA) is 69.6 Å². The van der Waals surface area contributed by atoms with Crippen molar-refractivity contribution in [2.45, 2.75) is 31.4 Å². The Kier molecular flexibility index (Phi) is 1.95. The van der Waals surface area contributed by atoms with Gasteiger partial charge in [-0.3, -0.25) is 9.69 Å². The highest BCUT2D eigenvalue weighted by Gasteiger charge is 2.40. The molecule has 1 aliphatic carbocycles. The van der Waals surface area contributed by atoms with Gasteiger partial charge in [-0.25, -0.2) is 4.79 Å². The summed E-state index contributed by atoms with van der Waals surface area (Å²) >= 11 is 0. The summed E-state index contributed by atoms with van der Waals surface area (Å²) in [6.45, 7) is 0.0715. The van der Waals surface area contributed by atoms with Gasteiger partial charge in [0.1, 0.15) is 0 Å². The number of nitrogens with one attached hydrogen (secondary N) is 1. The van der Waals surface area contributed by atoms with Crippen LogP contribution in [0.2, 0.25) is 0 Å². The normalized spacial score (nSPS) is 34.1. The van der Waals surface area contributed by atoms with Gasteiger partial charge in [-0.2, -0.15) is 0 Å². The molecule has 0 aromatic rings. The Morgan fingerprint density at radius 2 is 2.15 bits per heavy atom. The summed E-state index contributed by atoms with van der Waals surface area (Å²) in [5, 5.41) is 12.0. The van der Waals surface area contributed by atoms with Crippen LogP contribution in [0.25, 0.3) is 0 Å². The summed E-state index contributed by atoms with van der Waals surface area (Å²) in [6, 6.07) is -0.661. The van der Waals surface area contributed by atoms with E-state index in [0.29, 0.717) is 6.42 Å². The molecule has 5 nitrogen and oxygen atoms in total. The third-order valence-electron chi connectivity index (χ3n) is 2.65. The predicted molar refractivity (Wildman–Crippen MR) is 43.9 cm³/mol. The zero-order valence-corrected chi connectivity index (χ0v) is 7.19. The maximum atomic E-state index is 11.2. The van der Waals surface area contributed by atoms with E-state index < -0.39 is 6.10 Å². The van der Waals surface area contributed by atoms with Crippen molar-refractivity contribution in [2.75, 3.05) is 6.54 Å². The van der Waals surface area contributed by atoms with Gasteiger partial charge in [0, 0.05) is 0 Å². The fourth-order valence-electron chi connectivity index (χ4n) is 1.99. The van der Waals surface area contributed by atoms with E-state index in [2.05, 4.69) is 5.32 Å². The molecule has 0 aromatic heterocycles. The zero-order chi connectivity index (χ0) is 9.42. The second-order valence-electron chi connectivity index (χ2n) is 3.49. The number of amides is 3. The first-order valence-electron chi connectivity index (χ1n) is 4.48. The summed E-state index contributed by atoms with van der Waals surface area (Å²) in [7, 11) is 0. The number of carbonyl (C=O) groups is 2. The largest absolute Gasteiger partial charge is 0.391 e. The SMILES string of the molecule is O=C1CNC(=O)N1[C@H]1CCC[C@@H]1O. The van der Waals surface area contributed by atoms with Gasteiger partial charge in [0.15, 0.2) is 0 Å². The molecular formula is C8H12N2O3. The molecule has 2 fully saturated rings. The quantitative estimate of drug-likeness (QED) is 0.537. The monoisotopic (exact) mass is 184 g/mol. The number of hydrogen-bond donors (Lipinski definition) is 2. The number of aliphatic hydroxyl groups excluding tert-OH is 1. The van der Waals surface area contributed by atoms with Crippen molar-refractivity contribution in [3.05, 3.63) is 0 Å². The number of carbonyl (C=O) groups excluding carboxylic acids is 2. The van der Waals surface area contributed by atoms with Gasteiger partial charge < -0.3 is 10.4 Å². The molecule has 2 aliphatic rings. The van der Waals surface area contributed by atoms with Gasteiger partial charge in [0.05, 0.1) is 18.7 Å². The van der Waals surface area contributed by atoms with Crippen molar-refractivity contribution in [2.24, 2.45) is 0 Å². The van der Waals surface area contributed by atoms with E-state index in [1.54, 1.807) is 0 Å². The average Bonchev–Trinajstić information content (AvgIpc) is 2.60. The van der Waals surface area contributed by atoms with Crippen LogP contribution < -0.4 is 5.32 Å². The first kappa shape index (κ1) is 8.50. The first-order valence-corrected chi connectivity index (χ1v) is 4.48. The Hall–Kier alpha value is -1.10. The molecule has 72 valence electrons. The molecule has 0 aromatic carbocycles. The van der Waals surface area contributed by atoms with Crippen molar-refractivity contribution in [1.29, 1.82) is 0 Å². The van der Waals surface area contributed by atoms with Gasteiger partial charge in [-0.1, -0.05) is 0 Å². The molecule has 0 spiro atoms. The minimum Gasteiger partial charge on any atom is -0.391 e. The molecule has 0 unspecified atom stereocenters. The smallest absolute Gasteiger partial charge is 0.324 e. The Labute approximate surface area is 75.7 Å². The van der Waals surface area contributed by atoms with Crippen LogP contribution in [-0.4, -0.2) is 40.6 Å². The molecule has 0 radical (unpaired) electrons. The number of imide groups is 1. The van der Waals surface area contributed by atoms with E-state index >= 15 is 0 Å². The van der Waals surface area contributed by atoms with Crippen LogP contribution in [0.15, 0.2) is 0 Å². The lowest BCUT2D eigenvalue weighted by Crippen LogP contribution is -2.44. The van der Waals surface area contributed by atoms with Crippen molar-refractivity contribution >= 4 is 11.9 Å². The molecule has 2 N–H and O–H groups in total. The third-order valence-corrected chi connectivity index (χ3v) is 2.65. The second-order valence-corrected chi connectivity index (χ2v) is 3.49. The standard InChI is InChI=1S/C8H12N2O3/c11-6-3-1-2-5(6)10-7(12)4-9-8(10)13/h5-6,11H,1-4H2,(H,9,13)/t5-,6-/m0/s1. The minimum absolute atomic E-state index is 0.0715. The molecular weight excluding hydrogens is 172 g/mol. The zero-order valence-electron chi connectivity index (χ0n) is 7.19. The molecule has 2 rings (SSSR count). The molecule has 2 atom stereocenters. The third kappa shape index (κ3) is 1.29. The molecule has 0 bridgehead atoms. The summed E-state index contributed by atoms with van der Waals surface area (Å²) < 4.78 is 0. The Bertz CT molecular complexity index is 238. The molecule has 1 aliphatic heterocycles. The highest BCUT2D eigenvalue weighted by molar-refractivity contribution is 6.02. The average molecular weight is 184 g/mol. The molecule has 1 saturated carbocycles. The molecule has 13 heavy (non-hydrogen) atoms. The van der Waals surface area contributed by atoms with Crippen LogP contribution in [0.5, 0.6) is 0 Å². The summed E-state index contributed by atoms with van der Waals surface area (Å²) in [5.41, 5.74) is 0. The molecule has 1 heterocycles. The molecule has 3 amide bonds. The van der Waals surface area contributed by atoms with Crippen LogP contribution in [0.1, 0.15) is 19.3 Å². The Balaban J connectivity index is 2.14. The van der Waals surface area contributed by atoms with E-state index in [9.17, 15) is 14.7 Å². The van der Waals surface area contributed by atoms with Crippen LogP contribution in [0.4, 0.5) is 4.79 Å². The molecule has 5 heteroatoms. The van der Waals surface area contributed by atoms with E-state index in [0.717, 1.165) is 17.7 Å². The number of rotatable bonds is 1. The highest BCUT2D eigenvalue weighted by atomic mass is 16.3. The Morgan fingerprint density at radius 1 is 1.38 bits per heavy atom. The first-order chi connectivity index (χ1) is 6.20. The fourth-order valence-corrected chi connectivity index (χ4v) is 1.99.